The average Bonchev–Trinajstić information content (AvgIpc) is 2.56. The number of hydrogen-bond acceptors (Lipinski definition) is 4. The zero-order valence-electron chi connectivity index (χ0n) is 13.7. The SMILES string of the molecule is CN(c1cncc(B2OC(C)(C)C(C)(C)O2)c1)C1CCC1. The van der Waals surface area contributed by atoms with Gasteiger partial charge in [0.1, 0.15) is 0 Å². The van der Waals surface area contributed by atoms with Crippen LogP contribution < -0.4 is 10.4 Å². The molecule has 0 bridgehead atoms. The molecular formula is C16H25BN2O2. The van der Waals surface area contributed by atoms with Gasteiger partial charge in [0, 0.05) is 24.7 Å². The van der Waals surface area contributed by atoms with Crippen LogP contribution in [-0.2, 0) is 9.31 Å². The minimum absolute atomic E-state index is 0.312. The molecule has 1 aromatic rings. The maximum absolute atomic E-state index is 6.10. The molecule has 1 saturated heterocycles. The molecule has 5 heteroatoms. The molecule has 1 aromatic heterocycles. The lowest BCUT2D eigenvalue weighted by Crippen LogP contribution is -2.41. The van der Waals surface area contributed by atoms with Crippen LogP contribution >= 0.6 is 0 Å². The van der Waals surface area contributed by atoms with E-state index in [0.717, 1.165) is 11.2 Å². The second-order valence-electron chi connectivity index (χ2n) is 7.26. The maximum Gasteiger partial charge on any atom is 0.496 e. The number of hydrogen-bond donors (Lipinski definition) is 0. The third-order valence-corrected chi connectivity index (χ3v) is 5.30. The Morgan fingerprint density at radius 1 is 1.14 bits per heavy atom. The Balaban J connectivity index is 1.81. The van der Waals surface area contributed by atoms with Gasteiger partial charge in [0.2, 0.25) is 0 Å². The van der Waals surface area contributed by atoms with Crippen LogP contribution in [0.5, 0.6) is 0 Å². The van der Waals surface area contributed by atoms with Crippen LogP contribution in [-0.4, -0.2) is 36.4 Å². The molecule has 4 nitrogen and oxygen atoms in total. The van der Waals surface area contributed by atoms with Gasteiger partial charge in [-0.2, -0.15) is 0 Å². The molecule has 2 heterocycles. The molecule has 2 aliphatic rings. The van der Waals surface area contributed by atoms with Crippen LogP contribution in [0.15, 0.2) is 18.5 Å². The summed E-state index contributed by atoms with van der Waals surface area (Å²) in [6.07, 6.45) is 7.65. The van der Waals surface area contributed by atoms with Crippen molar-refractivity contribution < 1.29 is 9.31 Å². The van der Waals surface area contributed by atoms with Crippen molar-refractivity contribution in [1.82, 2.24) is 4.98 Å². The van der Waals surface area contributed by atoms with Crippen LogP contribution in [0.25, 0.3) is 0 Å². The van der Waals surface area contributed by atoms with Gasteiger partial charge >= 0.3 is 7.12 Å². The lowest BCUT2D eigenvalue weighted by molar-refractivity contribution is 0.00578. The van der Waals surface area contributed by atoms with Crippen LogP contribution in [0.4, 0.5) is 5.69 Å². The number of aromatic nitrogens is 1. The first kappa shape index (κ1) is 14.9. The van der Waals surface area contributed by atoms with Gasteiger partial charge < -0.3 is 14.2 Å². The average molecular weight is 288 g/mol. The van der Waals surface area contributed by atoms with Crippen molar-refractivity contribution in [2.24, 2.45) is 0 Å². The number of anilines is 1. The van der Waals surface area contributed by atoms with Crippen molar-refractivity contribution >= 4 is 18.3 Å². The molecule has 3 rings (SSSR count). The Kier molecular flexibility index (Phi) is 3.53. The van der Waals surface area contributed by atoms with Crippen LogP contribution in [0.2, 0.25) is 0 Å². The Morgan fingerprint density at radius 2 is 1.76 bits per heavy atom. The minimum atomic E-state index is -0.336. The largest absolute Gasteiger partial charge is 0.496 e. The Labute approximate surface area is 128 Å². The molecule has 0 radical (unpaired) electrons. The topological polar surface area (TPSA) is 34.6 Å². The normalized spacial score (nSPS) is 24.0. The summed E-state index contributed by atoms with van der Waals surface area (Å²) in [6.45, 7) is 8.30. The molecule has 1 aliphatic heterocycles. The predicted octanol–water partition coefficient (Wildman–Crippen LogP) is 2.37. The zero-order chi connectivity index (χ0) is 15.3. The first-order valence-electron chi connectivity index (χ1n) is 7.83. The molecule has 114 valence electrons. The third kappa shape index (κ3) is 2.57. The van der Waals surface area contributed by atoms with Gasteiger partial charge in [0.25, 0.3) is 0 Å². The first-order chi connectivity index (χ1) is 9.80. The van der Waals surface area contributed by atoms with E-state index >= 15 is 0 Å². The lowest BCUT2D eigenvalue weighted by atomic mass is 9.80. The Morgan fingerprint density at radius 3 is 2.29 bits per heavy atom. The minimum Gasteiger partial charge on any atom is -0.399 e. The maximum atomic E-state index is 6.10. The van der Waals surface area contributed by atoms with E-state index in [1.165, 1.54) is 19.3 Å². The fourth-order valence-electron chi connectivity index (χ4n) is 2.73. The fourth-order valence-corrected chi connectivity index (χ4v) is 2.73. The summed E-state index contributed by atoms with van der Waals surface area (Å²) in [4.78, 5) is 6.71. The van der Waals surface area contributed by atoms with Gasteiger partial charge in [0.05, 0.1) is 23.1 Å². The number of pyridine rings is 1. The van der Waals surface area contributed by atoms with E-state index in [1.54, 1.807) is 0 Å². The molecule has 0 aromatic carbocycles. The summed E-state index contributed by atoms with van der Waals surface area (Å²) < 4.78 is 12.2. The van der Waals surface area contributed by atoms with E-state index in [0.29, 0.717) is 6.04 Å². The highest BCUT2D eigenvalue weighted by atomic mass is 16.7. The van der Waals surface area contributed by atoms with Crippen molar-refractivity contribution in [1.29, 1.82) is 0 Å². The highest BCUT2D eigenvalue weighted by Gasteiger charge is 2.51. The second-order valence-corrected chi connectivity index (χ2v) is 7.26. The molecular weight excluding hydrogens is 263 g/mol. The summed E-state index contributed by atoms with van der Waals surface area (Å²) in [5.41, 5.74) is 1.52. The van der Waals surface area contributed by atoms with Gasteiger partial charge in [-0.1, -0.05) is 0 Å². The zero-order valence-corrected chi connectivity index (χ0v) is 13.7. The first-order valence-corrected chi connectivity index (χ1v) is 7.83. The molecule has 0 N–H and O–H groups in total. The molecule has 0 unspecified atom stereocenters. The molecule has 0 atom stereocenters. The van der Waals surface area contributed by atoms with E-state index in [9.17, 15) is 0 Å². The van der Waals surface area contributed by atoms with E-state index < -0.39 is 0 Å². The van der Waals surface area contributed by atoms with Crippen LogP contribution in [0.1, 0.15) is 47.0 Å². The quantitative estimate of drug-likeness (QED) is 0.800. The van der Waals surface area contributed by atoms with E-state index in [4.69, 9.17) is 9.31 Å². The standard InChI is InChI=1S/C16H25BN2O2/c1-15(2)16(3,4)21-17(20-15)12-9-14(11-18-10-12)19(5)13-7-6-8-13/h9-11,13H,6-8H2,1-5H3. The lowest BCUT2D eigenvalue weighted by Gasteiger charge is -2.36. The molecule has 0 spiro atoms. The highest BCUT2D eigenvalue weighted by Crippen LogP contribution is 2.36. The highest BCUT2D eigenvalue weighted by molar-refractivity contribution is 6.62. The fraction of sp³-hybridized carbons (Fsp3) is 0.688. The van der Waals surface area contributed by atoms with Crippen molar-refractivity contribution in [2.45, 2.75) is 64.2 Å². The van der Waals surface area contributed by atoms with Gasteiger partial charge in [-0.25, -0.2) is 0 Å². The third-order valence-electron chi connectivity index (χ3n) is 5.30. The van der Waals surface area contributed by atoms with Crippen molar-refractivity contribution in [3.63, 3.8) is 0 Å². The van der Waals surface area contributed by atoms with Gasteiger partial charge in [-0.3, -0.25) is 4.98 Å². The van der Waals surface area contributed by atoms with Crippen molar-refractivity contribution in [3.8, 4) is 0 Å². The number of rotatable bonds is 3. The molecule has 21 heavy (non-hydrogen) atoms. The van der Waals surface area contributed by atoms with Gasteiger partial charge in [-0.15, -0.1) is 0 Å². The Hall–Kier alpha value is -1.07. The molecule has 2 fully saturated rings. The monoisotopic (exact) mass is 288 g/mol. The van der Waals surface area contributed by atoms with Gasteiger partial charge in [0.15, 0.2) is 0 Å². The summed E-state index contributed by atoms with van der Waals surface area (Å²) in [6, 6.07) is 2.80. The van der Waals surface area contributed by atoms with Crippen LogP contribution in [0, 0.1) is 0 Å². The van der Waals surface area contributed by atoms with Crippen molar-refractivity contribution in [3.05, 3.63) is 18.5 Å². The molecule has 1 aliphatic carbocycles. The summed E-state index contributed by atoms with van der Waals surface area (Å²) in [5.74, 6) is 0. The summed E-state index contributed by atoms with van der Waals surface area (Å²) >= 11 is 0. The number of nitrogens with zero attached hydrogens (tertiary/aromatic N) is 2. The van der Waals surface area contributed by atoms with Crippen LogP contribution in [0.3, 0.4) is 0 Å². The molecule has 1 saturated carbocycles. The summed E-state index contributed by atoms with van der Waals surface area (Å²) in [5, 5.41) is 0. The predicted molar refractivity (Wildman–Crippen MR) is 86.0 cm³/mol. The van der Waals surface area contributed by atoms with Gasteiger partial charge in [-0.05, 0) is 53.0 Å². The van der Waals surface area contributed by atoms with Crippen molar-refractivity contribution in [2.75, 3.05) is 11.9 Å². The summed E-state index contributed by atoms with van der Waals surface area (Å²) in [7, 11) is 1.81. The van der Waals surface area contributed by atoms with E-state index in [2.05, 4.69) is 50.7 Å². The molecule has 0 amide bonds. The smallest absolute Gasteiger partial charge is 0.399 e. The van der Waals surface area contributed by atoms with E-state index in [1.807, 2.05) is 12.4 Å². The Bertz CT molecular complexity index is 513. The van der Waals surface area contributed by atoms with E-state index in [-0.39, 0.29) is 18.3 Å². The second kappa shape index (κ2) is 4.99.